The van der Waals surface area contributed by atoms with Crippen molar-refractivity contribution in [3.63, 3.8) is 0 Å². The first kappa shape index (κ1) is 25.5. The Morgan fingerprint density at radius 1 is 1.11 bits per heavy atom. The van der Waals surface area contributed by atoms with Crippen LogP contribution in [0.25, 0.3) is 0 Å². The van der Waals surface area contributed by atoms with Gasteiger partial charge in [0.1, 0.15) is 0 Å². The number of carbonyl (C=O) groups is 1. The molecule has 1 atom stereocenters. The molecule has 0 unspecified atom stereocenters. The zero-order chi connectivity index (χ0) is 25.8. The molecule has 0 radical (unpaired) electrons. The number of aliphatic hydroxyl groups excluding tert-OH is 1. The molecule has 1 aliphatic heterocycles. The molecule has 0 aliphatic carbocycles. The van der Waals surface area contributed by atoms with Gasteiger partial charge in [0.05, 0.1) is 23.6 Å². The van der Waals surface area contributed by atoms with E-state index < -0.39 is 0 Å². The molecule has 36 heavy (non-hydrogen) atoms. The molecule has 2 aromatic heterocycles. The number of aliphatic hydroxyl groups is 1. The van der Waals surface area contributed by atoms with Crippen LogP contribution in [-0.2, 0) is 6.42 Å². The van der Waals surface area contributed by atoms with E-state index in [0.717, 1.165) is 37.6 Å². The molecule has 1 aromatic carbocycles. The number of aromatic nitrogens is 4. The van der Waals surface area contributed by atoms with Crippen molar-refractivity contribution in [2.75, 3.05) is 49.6 Å². The van der Waals surface area contributed by atoms with Crippen molar-refractivity contribution in [2.24, 2.45) is 0 Å². The topological polar surface area (TPSA) is 98.6 Å². The Balaban J connectivity index is 1.46. The minimum absolute atomic E-state index is 0.0822. The minimum Gasteiger partial charge on any atom is -0.395 e. The van der Waals surface area contributed by atoms with Gasteiger partial charge in [-0.1, -0.05) is 30.3 Å². The molecule has 1 fully saturated rings. The van der Waals surface area contributed by atoms with E-state index >= 15 is 0 Å². The van der Waals surface area contributed by atoms with Crippen LogP contribution in [0.2, 0.25) is 0 Å². The van der Waals surface area contributed by atoms with Crippen LogP contribution in [0, 0.1) is 20.8 Å². The molecule has 9 heteroatoms. The molecule has 0 spiro atoms. The van der Waals surface area contributed by atoms with Crippen LogP contribution < -0.4 is 9.80 Å². The number of hydrogen-bond acceptors (Lipinski definition) is 8. The molecule has 0 bridgehead atoms. The Morgan fingerprint density at radius 2 is 1.86 bits per heavy atom. The summed E-state index contributed by atoms with van der Waals surface area (Å²) in [4.78, 5) is 27.7. The smallest absolute Gasteiger partial charge is 0.257 e. The van der Waals surface area contributed by atoms with E-state index in [-0.39, 0.29) is 25.1 Å². The summed E-state index contributed by atoms with van der Waals surface area (Å²) in [6.45, 7) is 10.7. The average molecular weight is 490 g/mol. The van der Waals surface area contributed by atoms with Gasteiger partial charge in [-0.25, -0.2) is 9.97 Å². The van der Waals surface area contributed by atoms with Crippen molar-refractivity contribution in [1.29, 1.82) is 0 Å². The maximum atomic E-state index is 12.6. The van der Waals surface area contributed by atoms with Gasteiger partial charge in [0.15, 0.2) is 5.82 Å². The Hall–Kier alpha value is -3.59. The molecule has 9 nitrogen and oxygen atoms in total. The number of likely N-dealkylation sites (N-methyl/N-ethyl adjacent to an activating group) is 1. The van der Waals surface area contributed by atoms with E-state index in [1.165, 1.54) is 21.6 Å². The van der Waals surface area contributed by atoms with Crippen molar-refractivity contribution in [3.05, 3.63) is 70.2 Å². The number of carbonyl (C=O) groups excluding carboxylic acids is 1. The SMILES string of the molecule is Cc1nc(N2CCN(c3nnc(Cc4ccccc4)c(C)c3C)C[C@H]2C)ncc1C(=O)N(C)CCO. The molecular weight excluding hydrogens is 454 g/mol. The van der Waals surface area contributed by atoms with Gasteiger partial charge in [-0.05, 0) is 44.4 Å². The zero-order valence-electron chi connectivity index (χ0n) is 21.8. The van der Waals surface area contributed by atoms with Crippen LogP contribution in [0.1, 0.15) is 45.4 Å². The minimum atomic E-state index is -0.189. The number of anilines is 2. The third kappa shape index (κ3) is 5.31. The molecule has 0 saturated carbocycles. The van der Waals surface area contributed by atoms with Crippen LogP contribution in [0.3, 0.4) is 0 Å². The Bertz CT molecular complexity index is 1220. The van der Waals surface area contributed by atoms with E-state index in [9.17, 15) is 4.79 Å². The lowest BCUT2D eigenvalue weighted by atomic mass is 10.0. The molecule has 1 N–H and O–H groups in total. The fourth-order valence-corrected chi connectivity index (χ4v) is 4.61. The summed E-state index contributed by atoms with van der Waals surface area (Å²) < 4.78 is 0. The highest BCUT2D eigenvalue weighted by Gasteiger charge is 2.29. The van der Waals surface area contributed by atoms with Crippen LogP contribution in [-0.4, -0.2) is 82.0 Å². The van der Waals surface area contributed by atoms with Gasteiger partial charge in [-0.3, -0.25) is 4.79 Å². The average Bonchev–Trinajstić information content (AvgIpc) is 2.87. The highest BCUT2D eigenvalue weighted by molar-refractivity contribution is 5.94. The van der Waals surface area contributed by atoms with Gasteiger partial charge >= 0.3 is 0 Å². The maximum absolute atomic E-state index is 12.6. The molecule has 190 valence electrons. The summed E-state index contributed by atoms with van der Waals surface area (Å²) in [6, 6.07) is 10.5. The van der Waals surface area contributed by atoms with E-state index in [1.54, 1.807) is 13.2 Å². The van der Waals surface area contributed by atoms with Gasteiger partial charge in [-0.2, -0.15) is 5.10 Å². The van der Waals surface area contributed by atoms with Crippen molar-refractivity contribution >= 4 is 17.7 Å². The number of benzene rings is 1. The molecule has 1 aliphatic rings. The molecular formula is C27H35N7O2. The van der Waals surface area contributed by atoms with E-state index in [0.29, 0.717) is 17.2 Å². The highest BCUT2D eigenvalue weighted by Crippen LogP contribution is 2.26. The van der Waals surface area contributed by atoms with Crippen LogP contribution >= 0.6 is 0 Å². The summed E-state index contributed by atoms with van der Waals surface area (Å²) in [5, 5.41) is 18.3. The van der Waals surface area contributed by atoms with Crippen molar-refractivity contribution < 1.29 is 9.90 Å². The monoisotopic (exact) mass is 489 g/mol. The fraction of sp³-hybridized carbons (Fsp3) is 0.444. The lowest BCUT2D eigenvalue weighted by molar-refractivity contribution is 0.0765. The van der Waals surface area contributed by atoms with Crippen LogP contribution in [0.15, 0.2) is 36.5 Å². The van der Waals surface area contributed by atoms with E-state index in [4.69, 9.17) is 5.11 Å². The van der Waals surface area contributed by atoms with Gasteiger partial charge in [0.25, 0.3) is 5.91 Å². The number of aryl methyl sites for hydroxylation is 1. The largest absolute Gasteiger partial charge is 0.395 e. The van der Waals surface area contributed by atoms with Crippen LogP contribution in [0.4, 0.5) is 11.8 Å². The molecule has 1 saturated heterocycles. The van der Waals surface area contributed by atoms with Gasteiger partial charge in [0.2, 0.25) is 5.95 Å². The summed E-state index contributed by atoms with van der Waals surface area (Å²) in [6.07, 6.45) is 2.37. The van der Waals surface area contributed by atoms with Crippen molar-refractivity contribution in [3.8, 4) is 0 Å². The van der Waals surface area contributed by atoms with E-state index in [2.05, 4.69) is 62.9 Å². The number of nitrogens with zero attached hydrogens (tertiary/aromatic N) is 7. The summed E-state index contributed by atoms with van der Waals surface area (Å²) in [7, 11) is 1.66. The number of amides is 1. The predicted octanol–water partition coefficient (Wildman–Crippen LogP) is 2.56. The predicted molar refractivity (Wildman–Crippen MR) is 141 cm³/mol. The third-order valence-corrected chi connectivity index (χ3v) is 6.97. The highest BCUT2D eigenvalue weighted by atomic mass is 16.3. The normalized spacial score (nSPS) is 15.8. The fourth-order valence-electron chi connectivity index (χ4n) is 4.61. The van der Waals surface area contributed by atoms with Crippen molar-refractivity contribution in [2.45, 2.75) is 40.2 Å². The zero-order valence-corrected chi connectivity index (χ0v) is 21.8. The second kappa shape index (κ2) is 11.0. The quantitative estimate of drug-likeness (QED) is 0.541. The first-order chi connectivity index (χ1) is 17.3. The third-order valence-electron chi connectivity index (χ3n) is 6.97. The Morgan fingerprint density at radius 3 is 2.53 bits per heavy atom. The maximum Gasteiger partial charge on any atom is 0.257 e. The summed E-state index contributed by atoms with van der Waals surface area (Å²) in [5.41, 5.74) is 5.68. The second-order valence-electron chi connectivity index (χ2n) is 9.49. The number of piperazine rings is 1. The lowest BCUT2D eigenvalue weighted by Gasteiger charge is -2.41. The molecule has 3 aromatic rings. The standard InChI is InChI=1S/C27H35N7O2/c1-18-17-33(25-20(3)19(2)24(30-31-25)15-22-9-7-6-8-10-22)11-12-34(18)27-28-16-23(21(4)29-27)26(36)32(5)13-14-35/h6-10,16,18,35H,11-15,17H2,1-5H3/t18-/m1/s1. The lowest BCUT2D eigenvalue weighted by Crippen LogP contribution is -2.53. The van der Waals surface area contributed by atoms with Gasteiger partial charge < -0.3 is 19.8 Å². The molecule has 3 heterocycles. The second-order valence-corrected chi connectivity index (χ2v) is 9.49. The van der Waals surface area contributed by atoms with Crippen molar-refractivity contribution in [1.82, 2.24) is 25.1 Å². The first-order valence-corrected chi connectivity index (χ1v) is 12.4. The Labute approximate surface area is 212 Å². The van der Waals surface area contributed by atoms with E-state index in [1.807, 2.05) is 25.1 Å². The van der Waals surface area contributed by atoms with Crippen LogP contribution in [0.5, 0.6) is 0 Å². The molecule has 4 rings (SSSR count). The van der Waals surface area contributed by atoms with Gasteiger partial charge in [0, 0.05) is 51.9 Å². The number of hydrogen-bond donors (Lipinski definition) is 1. The number of rotatable bonds is 7. The molecule has 1 amide bonds. The Kier molecular flexibility index (Phi) is 7.79. The van der Waals surface area contributed by atoms with Gasteiger partial charge in [-0.15, -0.1) is 5.10 Å². The summed E-state index contributed by atoms with van der Waals surface area (Å²) in [5.74, 6) is 1.37. The first-order valence-electron chi connectivity index (χ1n) is 12.4. The summed E-state index contributed by atoms with van der Waals surface area (Å²) >= 11 is 0.